The summed E-state index contributed by atoms with van der Waals surface area (Å²) in [6.07, 6.45) is 3.94. The van der Waals surface area contributed by atoms with Crippen LogP contribution >= 0.6 is 0 Å². The molecule has 2 atom stereocenters. The number of rotatable bonds is 6. The zero-order chi connectivity index (χ0) is 16.0. The third-order valence-electron chi connectivity index (χ3n) is 4.05. The first kappa shape index (κ1) is 16.8. The van der Waals surface area contributed by atoms with E-state index in [0.29, 0.717) is 17.9 Å². The Hall–Kier alpha value is -1.58. The molecule has 2 rings (SSSR count). The van der Waals surface area contributed by atoms with Crippen LogP contribution in [0.15, 0.2) is 24.3 Å². The van der Waals surface area contributed by atoms with Crippen LogP contribution in [0.1, 0.15) is 38.2 Å². The molecule has 120 valence electrons. The van der Waals surface area contributed by atoms with Crippen molar-refractivity contribution in [3.8, 4) is 11.8 Å². The molecule has 0 bridgehead atoms. The first-order valence-corrected chi connectivity index (χ1v) is 9.32. The molecular formula is C16H22N2O3S. The molecule has 0 radical (unpaired) electrons. The zero-order valence-corrected chi connectivity index (χ0v) is 13.6. The highest BCUT2D eigenvalue weighted by atomic mass is 32.2. The molecule has 1 aromatic carbocycles. The minimum absolute atomic E-state index is 0.0575. The average Bonchev–Trinajstić information content (AvgIpc) is 2.54. The highest BCUT2D eigenvalue weighted by Gasteiger charge is 2.28. The lowest BCUT2D eigenvalue weighted by atomic mass is 9.86. The van der Waals surface area contributed by atoms with Crippen molar-refractivity contribution >= 4 is 10.0 Å². The first-order valence-electron chi connectivity index (χ1n) is 7.67. The van der Waals surface area contributed by atoms with Gasteiger partial charge in [-0.1, -0.05) is 18.9 Å². The summed E-state index contributed by atoms with van der Waals surface area (Å²) in [7, 11) is -3.19. The summed E-state index contributed by atoms with van der Waals surface area (Å²) in [6, 6.07) is 9.05. The maximum absolute atomic E-state index is 11.8. The van der Waals surface area contributed by atoms with Gasteiger partial charge in [0, 0.05) is 12.0 Å². The number of sulfonamides is 1. The summed E-state index contributed by atoms with van der Waals surface area (Å²) in [5, 5.41) is 8.89. The van der Waals surface area contributed by atoms with Crippen LogP contribution in [0.5, 0.6) is 5.75 Å². The van der Waals surface area contributed by atoms with E-state index in [2.05, 4.69) is 10.8 Å². The van der Waals surface area contributed by atoms with Crippen molar-refractivity contribution in [1.82, 2.24) is 4.72 Å². The minimum atomic E-state index is -3.19. The van der Waals surface area contributed by atoms with Crippen molar-refractivity contribution in [3.05, 3.63) is 29.8 Å². The molecule has 0 aromatic heterocycles. The van der Waals surface area contributed by atoms with Gasteiger partial charge in [0.1, 0.15) is 5.75 Å². The summed E-state index contributed by atoms with van der Waals surface area (Å²) < 4.78 is 32.1. The number of nitrogens with one attached hydrogen (secondary N) is 1. The Labute approximate surface area is 132 Å². The summed E-state index contributed by atoms with van der Waals surface area (Å²) in [5.74, 6) is 0.920. The summed E-state index contributed by atoms with van der Waals surface area (Å²) in [6.45, 7) is 2.11. The van der Waals surface area contributed by atoms with Gasteiger partial charge in [0.25, 0.3) is 0 Å². The van der Waals surface area contributed by atoms with Crippen LogP contribution in [0.4, 0.5) is 0 Å². The van der Waals surface area contributed by atoms with E-state index in [0.717, 1.165) is 25.7 Å². The van der Waals surface area contributed by atoms with E-state index in [4.69, 9.17) is 10.00 Å². The fourth-order valence-corrected chi connectivity index (χ4v) is 3.67. The molecule has 2 unspecified atom stereocenters. The first-order chi connectivity index (χ1) is 10.5. The van der Waals surface area contributed by atoms with Crippen molar-refractivity contribution in [2.45, 2.75) is 38.6 Å². The molecule has 1 saturated carbocycles. The molecule has 5 nitrogen and oxygen atoms in total. The smallest absolute Gasteiger partial charge is 0.211 e. The van der Waals surface area contributed by atoms with Gasteiger partial charge in [0.15, 0.2) is 0 Å². The number of hydrogen-bond donors (Lipinski definition) is 1. The Morgan fingerprint density at radius 2 is 2.14 bits per heavy atom. The van der Waals surface area contributed by atoms with E-state index >= 15 is 0 Å². The maximum atomic E-state index is 11.8. The Balaban J connectivity index is 1.98. The van der Waals surface area contributed by atoms with Gasteiger partial charge >= 0.3 is 0 Å². The number of ether oxygens (including phenoxy) is 1. The number of benzene rings is 1. The minimum Gasteiger partial charge on any atom is -0.493 e. The van der Waals surface area contributed by atoms with Crippen LogP contribution in [0, 0.1) is 17.2 Å². The lowest BCUT2D eigenvalue weighted by Gasteiger charge is -2.31. The lowest BCUT2D eigenvalue weighted by molar-refractivity contribution is 0.180. The largest absolute Gasteiger partial charge is 0.493 e. The van der Waals surface area contributed by atoms with Crippen LogP contribution in [-0.4, -0.2) is 26.8 Å². The molecular weight excluding hydrogens is 300 g/mol. The zero-order valence-electron chi connectivity index (χ0n) is 12.8. The van der Waals surface area contributed by atoms with Gasteiger partial charge in [0.2, 0.25) is 10.0 Å². The Kier molecular flexibility index (Phi) is 5.81. The summed E-state index contributed by atoms with van der Waals surface area (Å²) in [4.78, 5) is 0. The van der Waals surface area contributed by atoms with Crippen molar-refractivity contribution in [3.63, 3.8) is 0 Å². The highest BCUT2D eigenvalue weighted by molar-refractivity contribution is 7.89. The van der Waals surface area contributed by atoms with Crippen LogP contribution < -0.4 is 9.46 Å². The topological polar surface area (TPSA) is 79.2 Å². The second kappa shape index (κ2) is 7.61. The van der Waals surface area contributed by atoms with Gasteiger partial charge in [-0.2, -0.15) is 5.26 Å². The SMILES string of the molecule is CCS(=O)(=O)NC1CCCCC1COc1cccc(C#N)c1. The Morgan fingerprint density at radius 3 is 2.86 bits per heavy atom. The summed E-state index contributed by atoms with van der Waals surface area (Å²) >= 11 is 0. The van der Waals surface area contributed by atoms with E-state index in [1.54, 1.807) is 25.1 Å². The second-order valence-electron chi connectivity index (χ2n) is 5.62. The summed E-state index contributed by atoms with van der Waals surface area (Å²) in [5.41, 5.74) is 0.560. The van der Waals surface area contributed by atoms with Crippen LogP contribution in [0.2, 0.25) is 0 Å². The number of nitrogens with zero attached hydrogens (tertiary/aromatic N) is 1. The molecule has 1 aliphatic rings. The van der Waals surface area contributed by atoms with E-state index in [-0.39, 0.29) is 17.7 Å². The van der Waals surface area contributed by atoms with Gasteiger partial charge < -0.3 is 4.74 Å². The molecule has 1 fully saturated rings. The molecule has 0 heterocycles. The Morgan fingerprint density at radius 1 is 1.36 bits per heavy atom. The van der Waals surface area contributed by atoms with Gasteiger partial charge in [-0.25, -0.2) is 13.1 Å². The third kappa shape index (κ3) is 4.72. The van der Waals surface area contributed by atoms with Crippen molar-refractivity contribution in [2.24, 2.45) is 5.92 Å². The quantitative estimate of drug-likeness (QED) is 0.872. The second-order valence-corrected chi connectivity index (χ2v) is 7.67. The van der Waals surface area contributed by atoms with Crippen LogP contribution in [0.3, 0.4) is 0 Å². The molecule has 0 saturated heterocycles. The van der Waals surface area contributed by atoms with Gasteiger partial charge in [-0.15, -0.1) is 0 Å². The third-order valence-corrected chi connectivity index (χ3v) is 5.47. The Bertz CT molecular complexity index is 637. The molecule has 0 aliphatic heterocycles. The number of hydrogen-bond acceptors (Lipinski definition) is 4. The van der Waals surface area contributed by atoms with E-state index < -0.39 is 10.0 Å². The molecule has 0 amide bonds. The molecule has 6 heteroatoms. The van der Waals surface area contributed by atoms with Crippen LogP contribution in [-0.2, 0) is 10.0 Å². The van der Waals surface area contributed by atoms with Gasteiger partial charge in [-0.3, -0.25) is 0 Å². The van der Waals surface area contributed by atoms with Crippen molar-refractivity contribution < 1.29 is 13.2 Å². The normalized spacial score (nSPS) is 22.0. The fourth-order valence-electron chi connectivity index (χ4n) is 2.73. The molecule has 1 aromatic rings. The van der Waals surface area contributed by atoms with E-state index in [9.17, 15) is 8.42 Å². The van der Waals surface area contributed by atoms with Crippen molar-refractivity contribution in [1.29, 1.82) is 5.26 Å². The predicted octanol–water partition coefficient (Wildman–Crippen LogP) is 2.44. The lowest BCUT2D eigenvalue weighted by Crippen LogP contribution is -2.44. The van der Waals surface area contributed by atoms with Crippen LogP contribution in [0.25, 0.3) is 0 Å². The fraction of sp³-hybridized carbons (Fsp3) is 0.562. The standard InChI is InChI=1S/C16H22N2O3S/c1-2-22(19,20)18-16-9-4-3-7-14(16)12-21-15-8-5-6-13(10-15)11-17/h5-6,8,10,14,16,18H,2-4,7,9,12H2,1H3. The molecule has 1 N–H and O–H groups in total. The predicted molar refractivity (Wildman–Crippen MR) is 85.0 cm³/mol. The highest BCUT2D eigenvalue weighted by Crippen LogP contribution is 2.26. The van der Waals surface area contributed by atoms with Crippen molar-refractivity contribution in [2.75, 3.05) is 12.4 Å². The molecule has 22 heavy (non-hydrogen) atoms. The maximum Gasteiger partial charge on any atom is 0.211 e. The molecule has 1 aliphatic carbocycles. The monoisotopic (exact) mass is 322 g/mol. The average molecular weight is 322 g/mol. The van der Waals surface area contributed by atoms with Gasteiger partial charge in [0.05, 0.1) is 24.0 Å². The van der Waals surface area contributed by atoms with E-state index in [1.165, 1.54) is 0 Å². The number of nitriles is 1. The molecule has 0 spiro atoms. The van der Waals surface area contributed by atoms with E-state index in [1.807, 2.05) is 6.07 Å². The van der Waals surface area contributed by atoms with Gasteiger partial charge in [-0.05, 0) is 38.0 Å².